The predicted octanol–water partition coefficient (Wildman–Crippen LogP) is 2.82. The van der Waals surface area contributed by atoms with E-state index in [9.17, 15) is 0 Å². The van der Waals surface area contributed by atoms with Crippen molar-refractivity contribution in [2.24, 2.45) is 0 Å². The van der Waals surface area contributed by atoms with Crippen molar-refractivity contribution in [1.82, 2.24) is 29.8 Å². The number of hydrogen-bond acceptors (Lipinski definition) is 7. The highest BCUT2D eigenvalue weighted by molar-refractivity contribution is 7.13. The molecule has 5 rings (SSSR count). The lowest BCUT2D eigenvalue weighted by atomic mass is 10.0. The predicted molar refractivity (Wildman–Crippen MR) is 100 cm³/mol. The minimum absolute atomic E-state index is 0.801. The topological polar surface area (TPSA) is 72.1 Å². The van der Waals surface area contributed by atoms with Crippen molar-refractivity contribution in [2.45, 2.75) is 26.8 Å². The molecule has 7 nitrogen and oxygen atoms in total. The normalized spacial score (nSPS) is 14.0. The van der Waals surface area contributed by atoms with Crippen LogP contribution < -0.4 is 4.90 Å². The number of aromatic nitrogens is 6. The first kappa shape index (κ1) is 15.4. The highest BCUT2D eigenvalue weighted by atomic mass is 32.1. The second-order valence-electron chi connectivity index (χ2n) is 6.54. The van der Waals surface area contributed by atoms with E-state index in [1.807, 2.05) is 17.9 Å². The quantitative estimate of drug-likeness (QED) is 0.545. The number of aryl methyl sites for hydroxylation is 1. The van der Waals surface area contributed by atoms with Crippen LogP contribution in [0.25, 0.3) is 16.1 Å². The molecule has 4 aromatic rings. The molecule has 1 aliphatic rings. The van der Waals surface area contributed by atoms with Gasteiger partial charge in [-0.25, -0.2) is 0 Å². The molecule has 0 fully saturated rings. The van der Waals surface area contributed by atoms with Gasteiger partial charge in [0.2, 0.25) is 0 Å². The van der Waals surface area contributed by atoms with Crippen LogP contribution in [-0.2, 0) is 13.0 Å². The Kier molecular flexibility index (Phi) is 3.46. The van der Waals surface area contributed by atoms with Crippen molar-refractivity contribution in [1.29, 1.82) is 0 Å². The van der Waals surface area contributed by atoms with Gasteiger partial charge in [0.1, 0.15) is 6.33 Å². The van der Waals surface area contributed by atoms with Gasteiger partial charge in [-0.2, -0.15) is 4.52 Å². The Hall–Kier alpha value is -2.87. The number of rotatable bonds is 2. The maximum Gasteiger partial charge on any atom is 0.180 e. The van der Waals surface area contributed by atoms with Gasteiger partial charge < -0.3 is 4.90 Å². The first-order valence-electron chi connectivity index (χ1n) is 8.49. The summed E-state index contributed by atoms with van der Waals surface area (Å²) in [6, 6.07) is 2.24. The van der Waals surface area contributed by atoms with Crippen molar-refractivity contribution in [3.05, 3.63) is 52.7 Å². The fourth-order valence-corrected chi connectivity index (χ4v) is 4.07. The molecule has 4 aromatic heterocycles. The average molecular weight is 363 g/mol. The molecule has 0 unspecified atom stereocenters. The molecule has 8 heteroatoms. The van der Waals surface area contributed by atoms with Crippen LogP contribution in [0.2, 0.25) is 0 Å². The number of thiazole rings is 1. The SMILES string of the molecule is Cc1c(N2CCc3ncc(-c4cncs4)cc3C2)nn2cnnc2c1C. The summed E-state index contributed by atoms with van der Waals surface area (Å²) in [7, 11) is 0. The van der Waals surface area contributed by atoms with E-state index in [0.29, 0.717) is 0 Å². The Morgan fingerprint density at radius 2 is 2.08 bits per heavy atom. The molecule has 0 spiro atoms. The number of nitrogens with zero attached hydrogens (tertiary/aromatic N) is 7. The minimum atomic E-state index is 0.801. The molecule has 0 radical (unpaired) electrons. The van der Waals surface area contributed by atoms with Gasteiger partial charge in [-0.15, -0.1) is 26.6 Å². The van der Waals surface area contributed by atoms with E-state index in [2.05, 4.69) is 40.0 Å². The largest absolute Gasteiger partial charge is 0.350 e. The maximum atomic E-state index is 4.75. The van der Waals surface area contributed by atoms with Gasteiger partial charge in [-0.3, -0.25) is 9.97 Å². The van der Waals surface area contributed by atoms with Crippen LogP contribution in [0.15, 0.2) is 30.3 Å². The van der Waals surface area contributed by atoms with Crippen LogP contribution >= 0.6 is 11.3 Å². The number of fused-ring (bicyclic) bond motifs is 2. The van der Waals surface area contributed by atoms with Crippen molar-refractivity contribution < 1.29 is 0 Å². The molecule has 0 amide bonds. The fraction of sp³-hybridized carbons (Fsp3) is 0.278. The molecule has 26 heavy (non-hydrogen) atoms. The first-order valence-corrected chi connectivity index (χ1v) is 9.37. The molecular formula is C18H17N7S. The summed E-state index contributed by atoms with van der Waals surface area (Å²) in [4.78, 5) is 12.3. The summed E-state index contributed by atoms with van der Waals surface area (Å²) in [5.41, 5.74) is 8.50. The Labute approximate surface area is 154 Å². The van der Waals surface area contributed by atoms with Crippen LogP contribution in [0.5, 0.6) is 0 Å². The van der Waals surface area contributed by atoms with Gasteiger partial charge >= 0.3 is 0 Å². The summed E-state index contributed by atoms with van der Waals surface area (Å²) in [6.45, 7) is 5.89. The zero-order chi connectivity index (χ0) is 17.7. The lowest BCUT2D eigenvalue weighted by Crippen LogP contribution is -2.32. The van der Waals surface area contributed by atoms with Crippen LogP contribution in [0, 0.1) is 13.8 Å². The second-order valence-corrected chi connectivity index (χ2v) is 7.43. The molecule has 0 aromatic carbocycles. The van der Waals surface area contributed by atoms with Crippen LogP contribution in [0.3, 0.4) is 0 Å². The van der Waals surface area contributed by atoms with Crippen molar-refractivity contribution >= 4 is 22.8 Å². The van der Waals surface area contributed by atoms with Gasteiger partial charge in [0.05, 0.1) is 10.4 Å². The van der Waals surface area contributed by atoms with E-state index in [-0.39, 0.29) is 0 Å². The van der Waals surface area contributed by atoms with E-state index >= 15 is 0 Å². The number of anilines is 1. The fourth-order valence-electron chi connectivity index (χ4n) is 3.46. The minimum Gasteiger partial charge on any atom is -0.350 e. The molecule has 0 aliphatic carbocycles. The van der Waals surface area contributed by atoms with E-state index in [1.54, 1.807) is 22.2 Å². The summed E-state index contributed by atoms with van der Waals surface area (Å²) in [5.74, 6) is 0.989. The zero-order valence-corrected chi connectivity index (χ0v) is 15.4. The molecule has 130 valence electrons. The first-order chi connectivity index (χ1) is 12.7. The van der Waals surface area contributed by atoms with Crippen molar-refractivity contribution in [3.63, 3.8) is 0 Å². The van der Waals surface area contributed by atoms with Crippen LogP contribution in [0.1, 0.15) is 22.4 Å². The standard InChI is InChI=1S/C18H17N7S/c1-11-12(2)18(23-25-9-21-22-17(11)25)24-4-3-15-14(8-24)5-13(6-20-15)16-7-19-10-26-16/h5-7,9-10H,3-4,8H2,1-2H3. The van der Waals surface area contributed by atoms with Crippen molar-refractivity contribution in [2.75, 3.05) is 11.4 Å². The van der Waals surface area contributed by atoms with Gasteiger partial charge in [-0.05, 0) is 25.5 Å². The Balaban J connectivity index is 1.54. The maximum absolute atomic E-state index is 4.75. The van der Waals surface area contributed by atoms with E-state index in [1.165, 1.54) is 11.3 Å². The monoisotopic (exact) mass is 363 g/mol. The summed E-state index contributed by atoms with van der Waals surface area (Å²) in [5, 5.41) is 12.9. The van der Waals surface area contributed by atoms with Gasteiger partial charge in [0.15, 0.2) is 11.5 Å². The Morgan fingerprint density at radius 3 is 2.92 bits per heavy atom. The van der Waals surface area contributed by atoms with Crippen LogP contribution in [0.4, 0.5) is 5.82 Å². The summed E-state index contributed by atoms with van der Waals surface area (Å²) in [6.07, 6.45) is 6.42. The summed E-state index contributed by atoms with van der Waals surface area (Å²) < 4.78 is 1.76. The molecular weight excluding hydrogens is 346 g/mol. The molecule has 0 N–H and O–H groups in total. The lowest BCUT2D eigenvalue weighted by Gasteiger charge is -2.30. The number of pyridine rings is 1. The molecule has 0 saturated carbocycles. The second kappa shape index (κ2) is 5.84. The highest BCUT2D eigenvalue weighted by Gasteiger charge is 2.22. The zero-order valence-electron chi connectivity index (χ0n) is 14.5. The lowest BCUT2D eigenvalue weighted by molar-refractivity contribution is 0.688. The highest BCUT2D eigenvalue weighted by Crippen LogP contribution is 2.30. The molecule has 0 atom stereocenters. The average Bonchev–Trinajstić information content (AvgIpc) is 3.35. The van der Waals surface area contributed by atoms with Gasteiger partial charge in [-0.1, -0.05) is 0 Å². The van der Waals surface area contributed by atoms with E-state index < -0.39 is 0 Å². The van der Waals surface area contributed by atoms with Crippen LogP contribution in [-0.4, -0.2) is 36.3 Å². The summed E-state index contributed by atoms with van der Waals surface area (Å²) >= 11 is 1.64. The third kappa shape index (κ3) is 2.37. The smallest absolute Gasteiger partial charge is 0.180 e. The van der Waals surface area contributed by atoms with Crippen molar-refractivity contribution in [3.8, 4) is 10.4 Å². The molecule has 0 bridgehead atoms. The third-order valence-electron chi connectivity index (χ3n) is 5.02. The molecule has 5 heterocycles. The van der Waals surface area contributed by atoms with Gasteiger partial charge in [0.25, 0.3) is 0 Å². The Morgan fingerprint density at radius 1 is 1.15 bits per heavy atom. The third-order valence-corrected chi connectivity index (χ3v) is 5.84. The number of hydrogen-bond donors (Lipinski definition) is 0. The molecule has 1 aliphatic heterocycles. The van der Waals surface area contributed by atoms with E-state index in [4.69, 9.17) is 10.1 Å². The molecule has 0 saturated heterocycles. The van der Waals surface area contributed by atoms with Gasteiger partial charge in [0, 0.05) is 54.3 Å². The Bertz CT molecular complexity index is 1100. The van der Waals surface area contributed by atoms with E-state index in [0.717, 1.165) is 52.5 Å².